The van der Waals surface area contributed by atoms with Crippen molar-refractivity contribution >= 4 is 11.4 Å². The molecule has 0 aromatic heterocycles. The fourth-order valence-electron chi connectivity index (χ4n) is 2.12. The highest BCUT2D eigenvalue weighted by atomic mass is 16.6. The SMILES string of the molecule is CCOc1cccc(CNc2cccc([N+](=O)[O-])c2C)c1. The molecule has 2 rings (SSSR count). The third-order valence-corrected chi connectivity index (χ3v) is 3.19. The molecule has 0 saturated heterocycles. The maximum atomic E-state index is 10.9. The van der Waals surface area contributed by atoms with Crippen LogP contribution in [0.5, 0.6) is 5.75 Å². The summed E-state index contributed by atoms with van der Waals surface area (Å²) < 4.78 is 5.46. The Hall–Kier alpha value is -2.56. The van der Waals surface area contributed by atoms with Crippen LogP contribution in [-0.2, 0) is 6.54 Å². The zero-order chi connectivity index (χ0) is 15.2. The number of hydrogen-bond acceptors (Lipinski definition) is 4. The molecular formula is C16H18N2O3. The third-order valence-electron chi connectivity index (χ3n) is 3.19. The molecule has 0 saturated carbocycles. The summed E-state index contributed by atoms with van der Waals surface area (Å²) in [6.45, 7) is 4.90. The van der Waals surface area contributed by atoms with Crippen LogP contribution in [0.3, 0.4) is 0 Å². The minimum atomic E-state index is -0.365. The first-order chi connectivity index (χ1) is 10.1. The molecule has 0 amide bonds. The molecule has 0 heterocycles. The molecule has 0 aliphatic rings. The number of ether oxygens (including phenoxy) is 1. The van der Waals surface area contributed by atoms with Gasteiger partial charge in [-0.15, -0.1) is 0 Å². The van der Waals surface area contributed by atoms with E-state index in [4.69, 9.17) is 4.74 Å². The van der Waals surface area contributed by atoms with Crippen molar-refractivity contribution in [2.24, 2.45) is 0 Å². The summed E-state index contributed by atoms with van der Waals surface area (Å²) in [6.07, 6.45) is 0. The number of nitrogens with zero attached hydrogens (tertiary/aromatic N) is 1. The van der Waals surface area contributed by atoms with Gasteiger partial charge in [-0.05, 0) is 37.6 Å². The van der Waals surface area contributed by atoms with Crippen LogP contribution >= 0.6 is 0 Å². The molecule has 21 heavy (non-hydrogen) atoms. The van der Waals surface area contributed by atoms with Gasteiger partial charge >= 0.3 is 0 Å². The van der Waals surface area contributed by atoms with E-state index in [9.17, 15) is 10.1 Å². The van der Waals surface area contributed by atoms with E-state index in [0.29, 0.717) is 18.7 Å². The van der Waals surface area contributed by atoms with Crippen molar-refractivity contribution in [2.45, 2.75) is 20.4 Å². The summed E-state index contributed by atoms with van der Waals surface area (Å²) in [6, 6.07) is 12.8. The predicted molar refractivity (Wildman–Crippen MR) is 82.8 cm³/mol. The Morgan fingerprint density at radius 1 is 1.24 bits per heavy atom. The van der Waals surface area contributed by atoms with Crippen LogP contribution in [0.15, 0.2) is 42.5 Å². The van der Waals surface area contributed by atoms with Crippen molar-refractivity contribution in [3.63, 3.8) is 0 Å². The van der Waals surface area contributed by atoms with Crippen LogP contribution < -0.4 is 10.1 Å². The van der Waals surface area contributed by atoms with Gasteiger partial charge in [0.2, 0.25) is 0 Å². The molecule has 0 aliphatic carbocycles. The molecule has 0 spiro atoms. The Balaban J connectivity index is 2.11. The fraction of sp³-hybridized carbons (Fsp3) is 0.250. The number of nitro groups is 1. The first-order valence-corrected chi connectivity index (χ1v) is 6.81. The summed E-state index contributed by atoms with van der Waals surface area (Å²) in [5, 5.41) is 14.2. The molecule has 0 unspecified atom stereocenters. The Labute approximate surface area is 123 Å². The number of nitrogens with one attached hydrogen (secondary N) is 1. The molecular weight excluding hydrogens is 268 g/mol. The number of anilines is 1. The molecule has 0 radical (unpaired) electrons. The van der Waals surface area contributed by atoms with Crippen molar-refractivity contribution in [1.29, 1.82) is 0 Å². The molecule has 5 heteroatoms. The lowest BCUT2D eigenvalue weighted by atomic mass is 10.1. The lowest BCUT2D eigenvalue weighted by molar-refractivity contribution is -0.385. The van der Waals surface area contributed by atoms with Crippen molar-refractivity contribution in [3.8, 4) is 5.75 Å². The lowest BCUT2D eigenvalue weighted by Gasteiger charge is -2.11. The molecule has 0 atom stereocenters. The van der Waals surface area contributed by atoms with Gasteiger partial charge in [-0.25, -0.2) is 0 Å². The van der Waals surface area contributed by atoms with Crippen LogP contribution in [0.2, 0.25) is 0 Å². The lowest BCUT2D eigenvalue weighted by Crippen LogP contribution is -2.03. The number of nitro benzene ring substituents is 1. The van der Waals surface area contributed by atoms with E-state index < -0.39 is 0 Å². The van der Waals surface area contributed by atoms with E-state index in [1.165, 1.54) is 6.07 Å². The van der Waals surface area contributed by atoms with Gasteiger partial charge in [0.1, 0.15) is 5.75 Å². The van der Waals surface area contributed by atoms with Gasteiger partial charge < -0.3 is 10.1 Å². The van der Waals surface area contributed by atoms with E-state index in [-0.39, 0.29) is 10.6 Å². The molecule has 0 bridgehead atoms. The molecule has 2 aromatic rings. The van der Waals surface area contributed by atoms with E-state index >= 15 is 0 Å². The van der Waals surface area contributed by atoms with Crippen LogP contribution in [-0.4, -0.2) is 11.5 Å². The second kappa shape index (κ2) is 6.74. The van der Waals surface area contributed by atoms with Crippen molar-refractivity contribution in [2.75, 3.05) is 11.9 Å². The van der Waals surface area contributed by atoms with E-state index in [1.54, 1.807) is 13.0 Å². The maximum absolute atomic E-state index is 10.9. The second-order valence-electron chi connectivity index (χ2n) is 4.64. The molecule has 110 valence electrons. The minimum absolute atomic E-state index is 0.128. The monoisotopic (exact) mass is 286 g/mol. The Kier molecular flexibility index (Phi) is 4.77. The third kappa shape index (κ3) is 3.72. The topological polar surface area (TPSA) is 64.4 Å². The van der Waals surface area contributed by atoms with E-state index in [0.717, 1.165) is 17.0 Å². The first kappa shape index (κ1) is 14.8. The van der Waals surface area contributed by atoms with Crippen molar-refractivity contribution < 1.29 is 9.66 Å². The van der Waals surface area contributed by atoms with Crippen molar-refractivity contribution in [1.82, 2.24) is 0 Å². The number of rotatable bonds is 6. The van der Waals surface area contributed by atoms with Crippen molar-refractivity contribution in [3.05, 3.63) is 63.7 Å². The highest BCUT2D eigenvalue weighted by molar-refractivity contribution is 5.59. The van der Waals surface area contributed by atoms with Gasteiger partial charge in [-0.1, -0.05) is 18.2 Å². The highest BCUT2D eigenvalue weighted by Gasteiger charge is 2.12. The molecule has 0 aliphatic heterocycles. The smallest absolute Gasteiger partial charge is 0.274 e. The summed E-state index contributed by atoms with van der Waals surface area (Å²) in [5.41, 5.74) is 2.60. The standard InChI is InChI=1S/C16H18N2O3/c1-3-21-14-7-4-6-13(10-14)11-17-15-8-5-9-16(12(15)2)18(19)20/h4-10,17H,3,11H2,1-2H3. The minimum Gasteiger partial charge on any atom is -0.494 e. The Bertz CT molecular complexity index is 641. The maximum Gasteiger partial charge on any atom is 0.274 e. The fourth-order valence-corrected chi connectivity index (χ4v) is 2.12. The van der Waals surface area contributed by atoms with Gasteiger partial charge in [-0.3, -0.25) is 10.1 Å². The van der Waals surface area contributed by atoms with E-state index in [2.05, 4.69) is 5.32 Å². The van der Waals surface area contributed by atoms with E-state index in [1.807, 2.05) is 37.3 Å². The van der Waals surface area contributed by atoms with Crippen LogP contribution in [0.1, 0.15) is 18.1 Å². The van der Waals surface area contributed by atoms with Gasteiger partial charge in [0, 0.05) is 23.9 Å². The summed E-state index contributed by atoms with van der Waals surface area (Å²) in [4.78, 5) is 10.6. The average Bonchev–Trinajstić information content (AvgIpc) is 2.46. The molecule has 5 nitrogen and oxygen atoms in total. The van der Waals surface area contributed by atoms with Crippen LogP contribution in [0.25, 0.3) is 0 Å². The quantitative estimate of drug-likeness (QED) is 0.646. The average molecular weight is 286 g/mol. The predicted octanol–water partition coefficient (Wildman–Crippen LogP) is 3.91. The summed E-state index contributed by atoms with van der Waals surface area (Å²) in [7, 11) is 0. The molecule has 1 N–H and O–H groups in total. The zero-order valence-electron chi connectivity index (χ0n) is 12.1. The van der Waals surface area contributed by atoms with Gasteiger partial charge in [0.15, 0.2) is 0 Å². The van der Waals surface area contributed by atoms with Gasteiger partial charge in [0.05, 0.1) is 11.5 Å². The second-order valence-corrected chi connectivity index (χ2v) is 4.64. The van der Waals surface area contributed by atoms with Crippen LogP contribution in [0.4, 0.5) is 11.4 Å². The van der Waals surface area contributed by atoms with Crippen LogP contribution in [0, 0.1) is 17.0 Å². The number of benzene rings is 2. The zero-order valence-corrected chi connectivity index (χ0v) is 12.1. The number of hydrogen-bond donors (Lipinski definition) is 1. The van der Waals surface area contributed by atoms with Gasteiger partial charge in [-0.2, -0.15) is 0 Å². The Morgan fingerprint density at radius 2 is 2.00 bits per heavy atom. The Morgan fingerprint density at radius 3 is 2.71 bits per heavy atom. The van der Waals surface area contributed by atoms with Gasteiger partial charge in [0.25, 0.3) is 5.69 Å². The summed E-state index contributed by atoms with van der Waals surface area (Å²) >= 11 is 0. The summed E-state index contributed by atoms with van der Waals surface area (Å²) in [5.74, 6) is 0.826. The molecule has 0 fully saturated rings. The first-order valence-electron chi connectivity index (χ1n) is 6.81. The normalized spacial score (nSPS) is 10.2. The highest BCUT2D eigenvalue weighted by Crippen LogP contribution is 2.25. The molecule has 2 aromatic carbocycles. The largest absolute Gasteiger partial charge is 0.494 e.